The minimum Gasteiger partial charge on any atom is -0.490 e. The van der Waals surface area contributed by atoms with Crippen LogP contribution in [0.4, 0.5) is 0 Å². The second kappa shape index (κ2) is 9.93. The first-order valence-electron chi connectivity index (χ1n) is 9.20. The smallest absolute Gasteiger partial charge is 0.180 e. The molecule has 1 heterocycles. The van der Waals surface area contributed by atoms with Crippen LogP contribution >= 0.6 is 23.8 Å². The van der Waals surface area contributed by atoms with Gasteiger partial charge in [-0.15, -0.1) is 0 Å². The van der Waals surface area contributed by atoms with Gasteiger partial charge in [-0.1, -0.05) is 54.2 Å². The van der Waals surface area contributed by atoms with Crippen molar-refractivity contribution in [2.24, 2.45) is 0 Å². The van der Waals surface area contributed by atoms with Gasteiger partial charge in [0, 0.05) is 18.7 Å². The van der Waals surface area contributed by atoms with Gasteiger partial charge in [0.2, 0.25) is 0 Å². The summed E-state index contributed by atoms with van der Waals surface area (Å²) < 4.78 is 17.3. The summed E-state index contributed by atoms with van der Waals surface area (Å²) in [6.45, 7) is 4.38. The molecule has 6 heteroatoms. The van der Waals surface area contributed by atoms with Crippen LogP contribution in [-0.2, 0) is 11.3 Å². The SMILES string of the molecule is CCOc1cc(C(=S)NC[C@@H]2CCCO2)cc(Cl)c1OCc1ccccc1. The van der Waals surface area contributed by atoms with E-state index in [1.807, 2.05) is 49.4 Å². The first-order valence-corrected chi connectivity index (χ1v) is 9.99. The third-order valence-electron chi connectivity index (χ3n) is 4.31. The quantitative estimate of drug-likeness (QED) is 0.641. The Morgan fingerprint density at radius 2 is 2.07 bits per heavy atom. The van der Waals surface area contributed by atoms with Crippen LogP contribution < -0.4 is 14.8 Å². The zero-order chi connectivity index (χ0) is 19.1. The molecule has 1 N–H and O–H groups in total. The summed E-state index contributed by atoms with van der Waals surface area (Å²) in [6, 6.07) is 13.6. The molecule has 2 aromatic rings. The molecule has 1 saturated heterocycles. The van der Waals surface area contributed by atoms with Gasteiger partial charge in [0.25, 0.3) is 0 Å². The lowest BCUT2D eigenvalue weighted by Crippen LogP contribution is -2.31. The maximum atomic E-state index is 6.49. The van der Waals surface area contributed by atoms with Crippen LogP contribution in [-0.4, -0.2) is 30.9 Å². The van der Waals surface area contributed by atoms with Crippen molar-refractivity contribution in [1.29, 1.82) is 0 Å². The highest BCUT2D eigenvalue weighted by Crippen LogP contribution is 2.37. The first kappa shape index (κ1) is 19.9. The van der Waals surface area contributed by atoms with E-state index in [1.54, 1.807) is 0 Å². The highest BCUT2D eigenvalue weighted by atomic mass is 35.5. The van der Waals surface area contributed by atoms with Gasteiger partial charge in [0.15, 0.2) is 11.5 Å². The number of halogens is 1. The fourth-order valence-corrected chi connectivity index (χ4v) is 3.41. The van der Waals surface area contributed by atoms with E-state index in [9.17, 15) is 0 Å². The largest absolute Gasteiger partial charge is 0.490 e. The van der Waals surface area contributed by atoms with Crippen LogP contribution in [0, 0.1) is 0 Å². The second-order valence-corrected chi connectivity index (χ2v) is 7.15. The lowest BCUT2D eigenvalue weighted by atomic mass is 10.1. The van der Waals surface area contributed by atoms with E-state index < -0.39 is 0 Å². The Bertz CT molecular complexity index is 764. The second-order valence-electron chi connectivity index (χ2n) is 6.34. The molecule has 27 heavy (non-hydrogen) atoms. The van der Waals surface area contributed by atoms with Gasteiger partial charge in [0.1, 0.15) is 11.6 Å². The van der Waals surface area contributed by atoms with Crippen molar-refractivity contribution in [3.63, 3.8) is 0 Å². The van der Waals surface area contributed by atoms with Gasteiger partial charge in [-0.05, 0) is 37.5 Å². The van der Waals surface area contributed by atoms with Gasteiger partial charge >= 0.3 is 0 Å². The molecule has 1 aliphatic heterocycles. The van der Waals surface area contributed by atoms with Crippen LogP contribution in [0.5, 0.6) is 11.5 Å². The number of rotatable bonds is 8. The van der Waals surface area contributed by atoms with E-state index in [-0.39, 0.29) is 6.10 Å². The molecule has 0 bridgehead atoms. The Balaban J connectivity index is 1.71. The Labute approximate surface area is 170 Å². The van der Waals surface area contributed by atoms with Crippen LogP contribution in [0.15, 0.2) is 42.5 Å². The maximum absolute atomic E-state index is 6.49. The minimum atomic E-state index is 0.221. The molecule has 0 saturated carbocycles. The molecule has 1 aliphatic rings. The van der Waals surface area contributed by atoms with Gasteiger partial charge < -0.3 is 19.5 Å². The molecule has 1 fully saturated rings. The molecule has 1 atom stereocenters. The van der Waals surface area contributed by atoms with Crippen LogP contribution in [0.25, 0.3) is 0 Å². The lowest BCUT2D eigenvalue weighted by Gasteiger charge is -2.17. The molecular weight excluding hydrogens is 382 g/mol. The molecule has 0 unspecified atom stereocenters. The summed E-state index contributed by atoms with van der Waals surface area (Å²) in [5.74, 6) is 1.13. The summed E-state index contributed by atoms with van der Waals surface area (Å²) in [7, 11) is 0. The molecule has 2 aromatic carbocycles. The maximum Gasteiger partial charge on any atom is 0.180 e. The average molecular weight is 406 g/mol. The van der Waals surface area contributed by atoms with E-state index >= 15 is 0 Å². The van der Waals surface area contributed by atoms with Gasteiger partial charge in [-0.2, -0.15) is 0 Å². The predicted octanol–water partition coefficient (Wildman–Crippen LogP) is 4.76. The molecule has 0 radical (unpaired) electrons. The summed E-state index contributed by atoms with van der Waals surface area (Å²) >= 11 is 12.0. The fourth-order valence-electron chi connectivity index (χ4n) is 2.95. The third-order valence-corrected chi connectivity index (χ3v) is 4.97. The summed E-state index contributed by atoms with van der Waals surface area (Å²) in [6.07, 6.45) is 2.39. The summed E-state index contributed by atoms with van der Waals surface area (Å²) in [5.41, 5.74) is 1.87. The molecule has 0 aromatic heterocycles. The van der Waals surface area contributed by atoms with Crippen molar-refractivity contribution < 1.29 is 14.2 Å². The van der Waals surface area contributed by atoms with Crippen molar-refractivity contribution in [3.8, 4) is 11.5 Å². The minimum absolute atomic E-state index is 0.221. The summed E-state index contributed by atoms with van der Waals surface area (Å²) in [4.78, 5) is 0.628. The van der Waals surface area contributed by atoms with Crippen LogP contribution in [0.2, 0.25) is 5.02 Å². The molecular formula is C21H24ClNO3S. The highest BCUT2D eigenvalue weighted by molar-refractivity contribution is 7.80. The van der Waals surface area contributed by atoms with Crippen molar-refractivity contribution in [1.82, 2.24) is 5.32 Å². The van der Waals surface area contributed by atoms with Gasteiger partial charge in [-0.3, -0.25) is 0 Å². The highest BCUT2D eigenvalue weighted by Gasteiger charge is 2.18. The average Bonchev–Trinajstić information content (AvgIpc) is 3.20. The fraction of sp³-hybridized carbons (Fsp3) is 0.381. The molecule has 0 amide bonds. The Hall–Kier alpha value is -1.82. The third kappa shape index (κ3) is 5.58. The van der Waals surface area contributed by atoms with Crippen molar-refractivity contribution >= 4 is 28.8 Å². The number of benzene rings is 2. The predicted molar refractivity (Wildman–Crippen MR) is 112 cm³/mol. The number of thiocarbonyl (C=S) groups is 1. The van der Waals surface area contributed by atoms with E-state index in [0.29, 0.717) is 41.3 Å². The number of nitrogens with one attached hydrogen (secondary N) is 1. The Morgan fingerprint density at radius 1 is 1.26 bits per heavy atom. The van der Waals surface area contributed by atoms with Crippen LogP contribution in [0.3, 0.4) is 0 Å². The van der Waals surface area contributed by atoms with E-state index in [4.69, 9.17) is 38.0 Å². The molecule has 0 spiro atoms. The summed E-state index contributed by atoms with van der Waals surface area (Å²) in [5, 5.41) is 3.75. The molecule has 3 rings (SSSR count). The zero-order valence-electron chi connectivity index (χ0n) is 15.4. The standard InChI is InChI=1S/C21H24ClNO3S/c1-2-24-19-12-16(21(27)23-13-17-9-6-10-25-17)11-18(22)20(19)26-14-15-7-4-3-5-8-15/h3-5,7-8,11-12,17H,2,6,9-10,13-14H2,1H3,(H,23,27)/t17-/m0/s1. The molecule has 4 nitrogen and oxygen atoms in total. The van der Waals surface area contributed by atoms with E-state index in [0.717, 1.165) is 30.6 Å². The van der Waals surface area contributed by atoms with Gasteiger partial charge in [-0.25, -0.2) is 0 Å². The molecule has 0 aliphatic carbocycles. The van der Waals surface area contributed by atoms with Crippen LogP contribution in [0.1, 0.15) is 30.9 Å². The first-order chi connectivity index (χ1) is 13.2. The number of hydrogen-bond donors (Lipinski definition) is 1. The number of hydrogen-bond acceptors (Lipinski definition) is 4. The van der Waals surface area contributed by atoms with Crippen molar-refractivity contribution in [2.45, 2.75) is 32.5 Å². The van der Waals surface area contributed by atoms with E-state index in [2.05, 4.69) is 5.32 Å². The topological polar surface area (TPSA) is 39.7 Å². The van der Waals surface area contributed by atoms with E-state index in [1.165, 1.54) is 0 Å². The molecule has 144 valence electrons. The monoisotopic (exact) mass is 405 g/mol. The number of ether oxygens (including phenoxy) is 3. The normalized spacial score (nSPS) is 16.1. The lowest BCUT2D eigenvalue weighted by molar-refractivity contribution is 0.114. The van der Waals surface area contributed by atoms with Gasteiger partial charge in [0.05, 0.1) is 17.7 Å². The zero-order valence-corrected chi connectivity index (χ0v) is 16.9. The Morgan fingerprint density at radius 3 is 2.78 bits per heavy atom. The Kier molecular flexibility index (Phi) is 7.33. The van der Waals surface area contributed by atoms with Crippen molar-refractivity contribution in [2.75, 3.05) is 19.8 Å². The van der Waals surface area contributed by atoms with Crippen molar-refractivity contribution in [3.05, 3.63) is 58.6 Å².